The molecule has 2 N–H and O–H groups in total. The lowest BCUT2D eigenvalue weighted by atomic mass is 10.1. The number of carbonyl (C=O) groups excluding carboxylic acids is 1. The van der Waals surface area contributed by atoms with Gasteiger partial charge in [0.05, 0.1) is 10.8 Å². The third-order valence-corrected chi connectivity index (χ3v) is 5.21. The highest BCUT2D eigenvalue weighted by atomic mass is 35.5. The Balaban J connectivity index is 2.32. The van der Waals surface area contributed by atoms with Crippen molar-refractivity contribution < 1.29 is 19.7 Å². The van der Waals surface area contributed by atoms with Crippen LogP contribution in [0.25, 0.3) is 12.8 Å². The largest absolute Gasteiger partial charge is 0.507 e. The van der Waals surface area contributed by atoms with E-state index in [2.05, 4.69) is 11.5 Å². The van der Waals surface area contributed by atoms with Crippen LogP contribution in [-0.2, 0) is 4.74 Å². The first kappa shape index (κ1) is 22.9. The smallest absolute Gasteiger partial charge is 0.342 e. The number of benzene rings is 2. The van der Waals surface area contributed by atoms with Crippen LogP contribution in [0.1, 0.15) is 27.0 Å². The maximum Gasteiger partial charge on any atom is 0.342 e. The van der Waals surface area contributed by atoms with Crippen LogP contribution in [0.5, 0.6) is 11.5 Å². The van der Waals surface area contributed by atoms with Crippen LogP contribution in [-0.4, -0.2) is 41.0 Å². The molecule has 0 aromatic heterocycles. The van der Waals surface area contributed by atoms with E-state index in [1.165, 1.54) is 0 Å². The van der Waals surface area contributed by atoms with Crippen molar-refractivity contribution in [3.8, 4) is 11.5 Å². The third kappa shape index (κ3) is 4.98. The molecular formula is C22H25Cl2NO4. The Morgan fingerprint density at radius 3 is 2.28 bits per heavy atom. The summed E-state index contributed by atoms with van der Waals surface area (Å²) < 4.78 is 5.26. The van der Waals surface area contributed by atoms with E-state index in [0.717, 1.165) is 17.5 Å². The molecule has 0 fully saturated rings. The molecule has 0 aliphatic carbocycles. The summed E-state index contributed by atoms with van der Waals surface area (Å²) in [5.74, 6) is 0.242. The van der Waals surface area contributed by atoms with Crippen molar-refractivity contribution in [1.82, 2.24) is 0 Å². The van der Waals surface area contributed by atoms with E-state index in [0.29, 0.717) is 46.8 Å². The fourth-order valence-corrected chi connectivity index (χ4v) is 3.48. The van der Waals surface area contributed by atoms with Gasteiger partial charge in [-0.25, -0.2) is 4.79 Å². The van der Waals surface area contributed by atoms with Crippen LogP contribution in [0.3, 0.4) is 0 Å². The molecule has 0 saturated carbocycles. The first-order valence-electron chi connectivity index (χ1n) is 9.11. The number of esters is 1. The van der Waals surface area contributed by atoms with Gasteiger partial charge in [-0.05, 0) is 44.5 Å². The molecule has 0 aliphatic heterocycles. The molecule has 0 bridgehead atoms. The minimum atomic E-state index is -0.574. The van der Waals surface area contributed by atoms with E-state index in [-0.39, 0.29) is 16.7 Å². The van der Waals surface area contributed by atoms with Crippen molar-refractivity contribution in [2.75, 3.05) is 29.7 Å². The van der Waals surface area contributed by atoms with Gasteiger partial charge in [-0.15, -0.1) is 23.2 Å². The van der Waals surface area contributed by atoms with Gasteiger partial charge in [-0.3, -0.25) is 0 Å². The summed E-state index contributed by atoms with van der Waals surface area (Å²) in [7, 11) is 0. The zero-order chi connectivity index (χ0) is 21.7. The van der Waals surface area contributed by atoms with Crippen molar-refractivity contribution >= 4 is 47.7 Å². The maximum absolute atomic E-state index is 12.5. The normalized spacial score (nSPS) is 11.6. The summed E-state index contributed by atoms with van der Waals surface area (Å²) in [4.78, 5) is 14.6. The highest BCUT2D eigenvalue weighted by Crippen LogP contribution is 2.22. The van der Waals surface area contributed by atoms with Crippen LogP contribution >= 0.6 is 23.2 Å². The number of nitrogens with zero attached hydrogens (tertiary/aromatic N) is 1. The van der Waals surface area contributed by atoms with E-state index >= 15 is 0 Å². The second-order valence-corrected chi connectivity index (χ2v) is 7.48. The van der Waals surface area contributed by atoms with Gasteiger partial charge < -0.3 is 19.8 Å². The SMILES string of the molecule is C=c1c(C)c(O)c(=COC(=O)c2ccc(N(CCCl)CCCl)c(C)c2)c(C)c1O. The van der Waals surface area contributed by atoms with E-state index < -0.39 is 5.97 Å². The van der Waals surface area contributed by atoms with Crippen LogP contribution in [0.4, 0.5) is 5.69 Å². The Hall–Kier alpha value is -2.37. The Kier molecular flexibility index (Phi) is 7.82. The maximum atomic E-state index is 12.5. The molecule has 29 heavy (non-hydrogen) atoms. The van der Waals surface area contributed by atoms with Gasteiger partial charge in [-0.1, -0.05) is 6.58 Å². The van der Waals surface area contributed by atoms with Crippen LogP contribution in [0, 0.1) is 20.8 Å². The zero-order valence-corrected chi connectivity index (χ0v) is 18.3. The summed E-state index contributed by atoms with van der Waals surface area (Å²) in [6.45, 7) is 10.2. The Labute approximate surface area is 180 Å². The quantitative estimate of drug-likeness (QED) is 0.395. The number of hydrogen-bond donors (Lipinski definition) is 2. The first-order chi connectivity index (χ1) is 13.7. The monoisotopic (exact) mass is 437 g/mol. The molecule has 0 atom stereocenters. The molecule has 2 rings (SSSR count). The highest BCUT2D eigenvalue weighted by molar-refractivity contribution is 6.18. The van der Waals surface area contributed by atoms with Crippen molar-refractivity contribution in [2.24, 2.45) is 0 Å². The number of hydrogen-bond acceptors (Lipinski definition) is 5. The van der Waals surface area contributed by atoms with Gasteiger partial charge in [0.2, 0.25) is 0 Å². The first-order valence-corrected chi connectivity index (χ1v) is 10.2. The summed E-state index contributed by atoms with van der Waals surface area (Å²) in [5.41, 5.74) is 3.02. The molecular weight excluding hydrogens is 413 g/mol. The standard InChI is InChI=1S/C22H25Cl2NO4/c1-13-11-17(5-6-19(13)25(9-7-23)10-8-24)22(28)29-12-18-16(4)20(26)14(2)15(3)21(18)27/h5-6,11-12,26-27H,2,7-10H2,1,3-4H3. The van der Waals surface area contributed by atoms with Gasteiger partial charge in [0.1, 0.15) is 17.8 Å². The number of aryl methyl sites for hydroxylation is 1. The number of rotatable bonds is 7. The fourth-order valence-electron chi connectivity index (χ4n) is 3.07. The van der Waals surface area contributed by atoms with E-state index in [1.54, 1.807) is 26.0 Å². The molecule has 0 radical (unpaired) electrons. The van der Waals surface area contributed by atoms with Gasteiger partial charge in [0, 0.05) is 46.9 Å². The molecule has 0 spiro atoms. The van der Waals surface area contributed by atoms with Gasteiger partial charge in [0.15, 0.2) is 0 Å². The number of anilines is 1. The molecule has 0 aliphatic rings. The minimum Gasteiger partial charge on any atom is -0.507 e. The molecule has 0 heterocycles. The zero-order valence-electron chi connectivity index (χ0n) is 16.8. The molecule has 156 valence electrons. The van der Waals surface area contributed by atoms with Gasteiger partial charge in [-0.2, -0.15) is 0 Å². The highest BCUT2D eigenvalue weighted by Gasteiger charge is 2.14. The average molecular weight is 438 g/mol. The molecule has 0 saturated heterocycles. The predicted molar refractivity (Wildman–Crippen MR) is 119 cm³/mol. The molecule has 7 heteroatoms. The Morgan fingerprint density at radius 1 is 1.10 bits per heavy atom. The number of ether oxygens (including phenoxy) is 1. The number of halogens is 2. The summed E-state index contributed by atoms with van der Waals surface area (Å²) in [6, 6.07) is 5.24. The Bertz CT molecular complexity index is 979. The van der Waals surface area contributed by atoms with Crippen molar-refractivity contribution in [2.45, 2.75) is 20.8 Å². The lowest BCUT2D eigenvalue weighted by Crippen LogP contribution is -2.28. The van der Waals surface area contributed by atoms with E-state index in [4.69, 9.17) is 27.9 Å². The topological polar surface area (TPSA) is 70.0 Å². The van der Waals surface area contributed by atoms with E-state index in [1.807, 2.05) is 13.0 Å². The van der Waals surface area contributed by atoms with Gasteiger partial charge >= 0.3 is 5.97 Å². The van der Waals surface area contributed by atoms with Gasteiger partial charge in [0.25, 0.3) is 0 Å². The molecule has 0 amide bonds. The predicted octanol–water partition coefficient (Wildman–Crippen LogP) is 3.31. The van der Waals surface area contributed by atoms with Crippen molar-refractivity contribution in [1.29, 1.82) is 0 Å². The average Bonchev–Trinajstić information content (AvgIpc) is 2.70. The molecule has 2 aromatic carbocycles. The number of alkyl halides is 2. The van der Waals surface area contributed by atoms with Crippen molar-refractivity contribution in [3.63, 3.8) is 0 Å². The third-order valence-electron chi connectivity index (χ3n) is 4.87. The fraction of sp³-hybridized carbons (Fsp3) is 0.318. The second kappa shape index (κ2) is 9.90. The van der Waals surface area contributed by atoms with Crippen LogP contribution in [0.2, 0.25) is 0 Å². The van der Waals surface area contributed by atoms with Crippen LogP contribution < -0.4 is 15.3 Å². The van der Waals surface area contributed by atoms with Crippen molar-refractivity contribution in [3.05, 3.63) is 50.9 Å². The summed E-state index contributed by atoms with van der Waals surface area (Å²) in [6.07, 6.45) is 1.15. The molecule has 0 unspecified atom stereocenters. The number of carbonyl (C=O) groups is 1. The lowest BCUT2D eigenvalue weighted by Gasteiger charge is -2.25. The number of aromatic hydroxyl groups is 2. The van der Waals surface area contributed by atoms with E-state index in [9.17, 15) is 15.0 Å². The lowest BCUT2D eigenvalue weighted by molar-refractivity contribution is 0.0705. The summed E-state index contributed by atoms with van der Waals surface area (Å²) in [5, 5.41) is 21.0. The molecule has 5 nitrogen and oxygen atoms in total. The molecule has 2 aromatic rings. The second-order valence-electron chi connectivity index (χ2n) is 6.73. The van der Waals surface area contributed by atoms with Crippen LogP contribution in [0.15, 0.2) is 18.2 Å². The number of phenolic OH excluding ortho intramolecular Hbond substituents is 2. The minimum absolute atomic E-state index is 0.0403. The number of phenols is 2. The Morgan fingerprint density at radius 2 is 1.72 bits per heavy atom. The summed E-state index contributed by atoms with van der Waals surface area (Å²) >= 11 is 11.7.